The molecule has 0 radical (unpaired) electrons. The van der Waals surface area contributed by atoms with Gasteiger partial charge in [-0.05, 0) is 43.2 Å². The zero-order valence-electron chi connectivity index (χ0n) is 15.5. The first-order chi connectivity index (χ1) is 13.0. The van der Waals surface area contributed by atoms with Crippen LogP contribution in [-0.4, -0.2) is 32.0 Å². The molecule has 0 bridgehead atoms. The Morgan fingerprint density at radius 3 is 2.52 bits per heavy atom. The van der Waals surface area contributed by atoms with Crippen LogP contribution in [0.2, 0.25) is 0 Å². The molecule has 1 unspecified atom stereocenters. The lowest BCUT2D eigenvalue weighted by molar-refractivity contribution is 0.0697. The molecule has 0 aliphatic carbocycles. The van der Waals surface area contributed by atoms with Gasteiger partial charge in [0.25, 0.3) is 5.56 Å². The third-order valence-electron chi connectivity index (χ3n) is 4.82. The molecule has 3 rings (SSSR count). The molecule has 0 aliphatic rings. The minimum atomic E-state index is -0.932. The van der Waals surface area contributed by atoms with Gasteiger partial charge in [0.2, 0.25) is 0 Å². The van der Waals surface area contributed by atoms with E-state index in [1.807, 2.05) is 30.3 Å². The van der Waals surface area contributed by atoms with Gasteiger partial charge in [-0.15, -0.1) is 0 Å². The van der Waals surface area contributed by atoms with Crippen LogP contribution >= 0.6 is 0 Å². The number of aromatic carboxylic acids is 1. The second kappa shape index (κ2) is 8.14. The van der Waals surface area contributed by atoms with Crippen molar-refractivity contribution in [3.63, 3.8) is 0 Å². The van der Waals surface area contributed by atoms with Crippen molar-refractivity contribution in [3.05, 3.63) is 75.8 Å². The molecule has 1 heterocycles. The van der Waals surface area contributed by atoms with Gasteiger partial charge < -0.3 is 10.1 Å². The number of carbonyl (C=O) groups is 1. The van der Waals surface area contributed by atoms with Crippen molar-refractivity contribution in [3.8, 4) is 0 Å². The topological polar surface area (TPSA) is 86.3 Å². The standard InChI is InChI=1S/C21H23N3O3/c1-3-14(2)24(12-15-8-10-16(11-9-15)21(26)27)13-19-22-18-7-5-4-6-17(18)20(25)23-19/h4-11,14H,3,12-13H2,1-2H3,(H,26,27)(H,22,23,25). The van der Waals surface area contributed by atoms with E-state index < -0.39 is 5.97 Å². The number of aromatic nitrogens is 2. The van der Waals surface area contributed by atoms with Crippen LogP contribution in [0.3, 0.4) is 0 Å². The fraction of sp³-hybridized carbons (Fsp3) is 0.286. The van der Waals surface area contributed by atoms with Crippen LogP contribution in [0.15, 0.2) is 53.3 Å². The van der Waals surface area contributed by atoms with Crippen molar-refractivity contribution in [1.29, 1.82) is 0 Å². The van der Waals surface area contributed by atoms with E-state index in [0.29, 0.717) is 29.8 Å². The van der Waals surface area contributed by atoms with E-state index in [0.717, 1.165) is 12.0 Å². The van der Waals surface area contributed by atoms with Gasteiger partial charge in [-0.1, -0.05) is 31.2 Å². The van der Waals surface area contributed by atoms with Crippen LogP contribution in [0, 0.1) is 0 Å². The Morgan fingerprint density at radius 2 is 1.85 bits per heavy atom. The molecule has 6 heteroatoms. The van der Waals surface area contributed by atoms with E-state index in [1.54, 1.807) is 18.2 Å². The fourth-order valence-corrected chi connectivity index (χ4v) is 3.02. The lowest BCUT2D eigenvalue weighted by atomic mass is 10.1. The molecule has 3 aromatic rings. The van der Waals surface area contributed by atoms with Gasteiger partial charge in [0.15, 0.2) is 0 Å². The van der Waals surface area contributed by atoms with Gasteiger partial charge in [-0.25, -0.2) is 9.78 Å². The Hall–Kier alpha value is -2.99. The second-order valence-electron chi connectivity index (χ2n) is 6.69. The summed E-state index contributed by atoms with van der Waals surface area (Å²) in [5.74, 6) is -0.306. The van der Waals surface area contributed by atoms with E-state index in [-0.39, 0.29) is 17.2 Å². The zero-order valence-corrected chi connectivity index (χ0v) is 15.5. The lowest BCUT2D eigenvalue weighted by Crippen LogP contribution is -2.33. The Kier molecular flexibility index (Phi) is 5.66. The van der Waals surface area contributed by atoms with Crippen molar-refractivity contribution in [2.75, 3.05) is 0 Å². The molecule has 0 saturated carbocycles. The minimum Gasteiger partial charge on any atom is -0.478 e. The number of para-hydroxylation sites is 1. The van der Waals surface area contributed by atoms with Crippen LogP contribution < -0.4 is 5.56 Å². The summed E-state index contributed by atoms with van der Waals surface area (Å²) in [7, 11) is 0. The average molecular weight is 365 g/mol. The van der Waals surface area contributed by atoms with Gasteiger partial charge in [0.05, 0.1) is 23.0 Å². The third-order valence-corrected chi connectivity index (χ3v) is 4.82. The zero-order chi connectivity index (χ0) is 19.4. The Bertz CT molecular complexity index is 995. The maximum atomic E-state index is 12.3. The van der Waals surface area contributed by atoms with E-state index in [1.165, 1.54) is 0 Å². The number of nitrogens with zero attached hydrogens (tertiary/aromatic N) is 2. The smallest absolute Gasteiger partial charge is 0.335 e. The average Bonchev–Trinajstić information content (AvgIpc) is 2.67. The van der Waals surface area contributed by atoms with E-state index >= 15 is 0 Å². The summed E-state index contributed by atoms with van der Waals surface area (Å²) in [6.07, 6.45) is 0.949. The Balaban J connectivity index is 1.85. The summed E-state index contributed by atoms with van der Waals surface area (Å²) in [4.78, 5) is 33.0. The highest BCUT2D eigenvalue weighted by Crippen LogP contribution is 2.15. The summed E-state index contributed by atoms with van der Waals surface area (Å²) < 4.78 is 0. The number of hydrogen-bond acceptors (Lipinski definition) is 4. The molecular formula is C21H23N3O3. The Labute approximate surface area is 157 Å². The van der Waals surface area contributed by atoms with Gasteiger partial charge in [0.1, 0.15) is 5.82 Å². The van der Waals surface area contributed by atoms with Crippen LogP contribution in [-0.2, 0) is 13.1 Å². The number of benzene rings is 2. The first-order valence-electron chi connectivity index (χ1n) is 9.02. The molecule has 27 heavy (non-hydrogen) atoms. The highest BCUT2D eigenvalue weighted by atomic mass is 16.4. The normalized spacial score (nSPS) is 12.4. The number of rotatable bonds is 7. The van der Waals surface area contributed by atoms with E-state index in [9.17, 15) is 9.59 Å². The minimum absolute atomic E-state index is 0.134. The van der Waals surface area contributed by atoms with Gasteiger partial charge in [-0.2, -0.15) is 0 Å². The summed E-state index contributed by atoms with van der Waals surface area (Å²) in [6.45, 7) is 5.40. The number of carboxylic acids is 1. The number of aromatic amines is 1. The number of H-pyrrole nitrogens is 1. The molecule has 140 valence electrons. The van der Waals surface area contributed by atoms with Crippen LogP contribution in [0.4, 0.5) is 0 Å². The molecular weight excluding hydrogens is 342 g/mol. The van der Waals surface area contributed by atoms with E-state index in [4.69, 9.17) is 5.11 Å². The number of nitrogens with one attached hydrogen (secondary N) is 1. The van der Waals surface area contributed by atoms with Gasteiger partial charge in [0, 0.05) is 12.6 Å². The lowest BCUT2D eigenvalue weighted by Gasteiger charge is -2.28. The van der Waals surface area contributed by atoms with Gasteiger partial charge >= 0.3 is 5.97 Å². The maximum Gasteiger partial charge on any atom is 0.335 e. The molecule has 0 saturated heterocycles. The number of fused-ring (bicyclic) bond motifs is 1. The SMILES string of the molecule is CCC(C)N(Cc1ccc(C(=O)O)cc1)Cc1nc2ccccc2c(=O)[nH]1. The summed E-state index contributed by atoms with van der Waals surface area (Å²) >= 11 is 0. The molecule has 0 fully saturated rings. The van der Waals surface area contributed by atoms with Crippen LogP contribution in [0.25, 0.3) is 10.9 Å². The predicted molar refractivity (Wildman–Crippen MR) is 105 cm³/mol. The molecule has 1 aromatic heterocycles. The molecule has 6 nitrogen and oxygen atoms in total. The predicted octanol–water partition coefficient (Wildman–Crippen LogP) is 3.42. The first-order valence-corrected chi connectivity index (χ1v) is 9.02. The molecule has 2 N–H and O–H groups in total. The Morgan fingerprint density at radius 1 is 1.15 bits per heavy atom. The van der Waals surface area contributed by atoms with Crippen molar-refractivity contribution in [2.24, 2.45) is 0 Å². The molecule has 0 spiro atoms. The largest absolute Gasteiger partial charge is 0.478 e. The molecule has 0 amide bonds. The van der Waals surface area contributed by atoms with Crippen molar-refractivity contribution in [1.82, 2.24) is 14.9 Å². The summed E-state index contributed by atoms with van der Waals surface area (Å²) in [5.41, 5.74) is 1.84. The molecule has 0 aliphatic heterocycles. The molecule has 1 atom stereocenters. The first kappa shape index (κ1) is 18.8. The van der Waals surface area contributed by atoms with Crippen LogP contribution in [0.1, 0.15) is 42.0 Å². The van der Waals surface area contributed by atoms with Crippen LogP contribution in [0.5, 0.6) is 0 Å². The van der Waals surface area contributed by atoms with Crippen molar-refractivity contribution >= 4 is 16.9 Å². The second-order valence-corrected chi connectivity index (χ2v) is 6.69. The maximum absolute atomic E-state index is 12.3. The summed E-state index contributed by atoms with van der Waals surface area (Å²) in [6, 6.07) is 14.5. The summed E-state index contributed by atoms with van der Waals surface area (Å²) in [5, 5.41) is 9.62. The monoisotopic (exact) mass is 365 g/mol. The highest BCUT2D eigenvalue weighted by molar-refractivity contribution is 5.87. The number of carboxylic acid groups (broad SMARTS) is 1. The van der Waals surface area contributed by atoms with Gasteiger partial charge in [-0.3, -0.25) is 9.69 Å². The quantitative estimate of drug-likeness (QED) is 0.670. The van der Waals surface area contributed by atoms with Crippen molar-refractivity contribution in [2.45, 2.75) is 39.4 Å². The molecule has 2 aromatic carbocycles. The fourth-order valence-electron chi connectivity index (χ4n) is 3.02. The highest BCUT2D eigenvalue weighted by Gasteiger charge is 2.16. The third kappa shape index (κ3) is 4.41. The number of hydrogen-bond donors (Lipinski definition) is 2. The van der Waals surface area contributed by atoms with E-state index in [2.05, 4.69) is 28.7 Å². The van der Waals surface area contributed by atoms with Crippen molar-refractivity contribution < 1.29 is 9.90 Å².